The molecule has 38 heavy (non-hydrogen) atoms. The van der Waals surface area contributed by atoms with Crippen molar-refractivity contribution in [2.24, 2.45) is 17.8 Å². The number of nitrogens with one attached hydrogen (secondary N) is 4. The average Bonchev–Trinajstić information content (AvgIpc) is 3.37. The Bertz CT molecular complexity index is 1220. The van der Waals surface area contributed by atoms with Crippen LogP contribution in [-0.2, 0) is 36.9 Å². The smallest absolute Gasteiger partial charge is 0.307 e. The standard InChI is InChI=1S/C24H30N8O6/c1-3-12(2)20(27-21(34)14-9-15(14)24(37)38)23(36)26-11-19(33)32-16-7-5-4-6-13(16)8-17(32)22(35)25-10-18-28-30-31-29-18/h4-7,12,14-15,17,20H,3,8-11H2,1-2H3,(H,25,35)(H,26,36)(H,27,34)(H,37,38)(H,28,29,30,31)/t12-,14?,15-,17-,20-/m0/s1. The highest BCUT2D eigenvalue weighted by molar-refractivity contribution is 6.05. The number of tetrazole rings is 1. The number of carbonyl (C=O) groups is 5. The number of carbonyl (C=O) groups excluding carboxylic acids is 4. The maximum Gasteiger partial charge on any atom is 0.307 e. The lowest BCUT2D eigenvalue weighted by molar-refractivity contribution is -0.140. The number of anilines is 1. The summed E-state index contributed by atoms with van der Waals surface area (Å²) in [7, 11) is 0. The Morgan fingerprint density at radius 2 is 1.89 bits per heavy atom. The second-order valence-electron chi connectivity index (χ2n) is 9.53. The molecule has 202 valence electrons. The van der Waals surface area contributed by atoms with E-state index in [1.807, 2.05) is 19.1 Å². The van der Waals surface area contributed by atoms with Crippen LogP contribution in [-0.4, -0.2) is 74.0 Å². The third kappa shape index (κ3) is 5.79. The van der Waals surface area contributed by atoms with E-state index in [2.05, 4.69) is 36.6 Å². The molecule has 14 nitrogen and oxygen atoms in total. The van der Waals surface area contributed by atoms with Crippen LogP contribution in [0.25, 0.3) is 0 Å². The highest BCUT2D eigenvalue weighted by atomic mass is 16.4. The summed E-state index contributed by atoms with van der Waals surface area (Å²) in [6.07, 6.45) is 1.10. The first-order valence-corrected chi connectivity index (χ1v) is 12.4. The molecular formula is C24H30N8O6. The van der Waals surface area contributed by atoms with Crippen LogP contribution < -0.4 is 20.9 Å². The van der Waals surface area contributed by atoms with Gasteiger partial charge in [-0.25, -0.2) is 0 Å². The summed E-state index contributed by atoms with van der Waals surface area (Å²) in [5.41, 5.74) is 1.39. The Balaban J connectivity index is 1.41. The number of rotatable bonds is 11. The maximum absolute atomic E-state index is 13.3. The molecule has 2 aliphatic rings. The zero-order valence-electron chi connectivity index (χ0n) is 21.0. The molecule has 1 saturated carbocycles. The van der Waals surface area contributed by atoms with Crippen LogP contribution in [0.15, 0.2) is 24.3 Å². The van der Waals surface area contributed by atoms with Gasteiger partial charge < -0.3 is 21.1 Å². The second kappa shape index (κ2) is 11.4. The summed E-state index contributed by atoms with van der Waals surface area (Å²) in [5, 5.41) is 30.4. The van der Waals surface area contributed by atoms with Crippen LogP contribution in [0.4, 0.5) is 5.69 Å². The fourth-order valence-electron chi connectivity index (χ4n) is 4.52. The first-order valence-electron chi connectivity index (χ1n) is 12.4. The van der Waals surface area contributed by atoms with Gasteiger partial charge in [0.05, 0.1) is 24.9 Å². The summed E-state index contributed by atoms with van der Waals surface area (Å²) in [6.45, 7) is 3.28. The molecule has 0 spiro atoms. The molecule has 2 heterocycles. The van der Waals surface area contributed by atoms with Crippen molar-refractivity contribution in [1.82, 2.24) is 36.6 Å². The predicted molar refractivity (Wildman–Crippen MR) is 131 cm³/mol. The van der Waals surface area contributed by atoms with Crippen LogP contribution in [0.5, 0.6) is 0 Å². The van der Waals surface area contributed by atoms with E-state index in [1.165, 1.54) is 4.90 Å². The van der Waals surface area contributed by atoms with Gasteiger partial charge in [-0.2, -0.15) is 5.21 Å². The van der Waals surface area contributed by atoms with Crippen LogP contribution in [0.3, 0.4) is 0 Å². The average molecular weight is 527 g/mol. The molecule has 1 aliphatic heterocycles. The number of amides is 4. The number of benzene rings is 1. The maximum atomic E-state index is 13.3. The molecule has 2 aromatic rings. The van der Waals surface area contributed by atoms with Crippen molar-refractivity contribution in [3.8, 4) is 0 Å². The number of carboxylic acid groups (broad SMARTS) is 1. The molecule has 1 aromatic carbocycles. The number of nitrogens with zero attached hydrogens (tertiary/aromatic N) is 4. The van der Waals surface area contributed by atoms with Gasteiger partial charge >= 0.3 is 5.97 Å². The van der Waals surface area contributed by atoms with E-state index in [0.717, 1.165) is 5.56 Å². The van der Waals surface area contributed by atoms with E-state index in [0.29, 0.717) is 18.5 Å². The van der Waals surface area contributed by atoms with Gasteiger partial charge in [0.25, 0.3) is 0 Å². The van der Waals surface area contributed by atoms with Crippen LogP contribution in [0.2, 0.25) is 0 Å². The number of hydrogen-bond acceptors (Lipinski definition) is 8. The van der Waals surface area contributed by atoms with Crippen molar-refractivity contribution in [2.75, 3.05) is 11.4 Å². The van der Waals surface area contributed by atoms with Gasteiger partial charge in [-0.3, -0.25) is 28.9 Å². The largest absolute Gasteiger partial charge is 0.481 e. The Morgan fingerprint density at radius 3 is 2.55 bits per heavy atom. The summed E-state index contributed by atoms with van der Waals surface area (Å²) >= 11 is 0. The topological polar surface area (TPSA) is 199 Å². The minimum atomic E-state index is -1.04. The summed E-state index contributed by atoms with van der Waals surface area (Å²) < 4.78 is 0. The molecule has 1 fully saturated rings. The van der Waals surface area contributed by atoms with E-state index in [1.54, 1.807) is 19.1 Å². The number of fused-ring (bicyclic) bond motifs is 1. The zero-order valence-corrected chi connectivity index (χ0v) is 21.0. The monoisotopic (exact) mass is 526 g/mol. The lowest BCUT2D eigenvalue weighted by atomic mass is 9.98. The lowest BCUT2D eigenvalue weighted by Crippen LogP contribution is -2.54. The highest BCUT2D eigenvalue weighted by Gasteiger charge is 2.49. The number of aromatic nitrogens is 4. The van der Waals surface area contributed by atoms with E-state index >= 15 is 0 Å². The minimum Gasteiger partial charge on any atom is -0.481 e. The molecule has 0 saturated heterocycles. The fourth-order valence-corrected chi connectivity index (χ4v) is 4.52. The number of para-hydroxylation sites is 1. The Hall–Kier alpha value is -4.36. The Labute approximate surface area is 217 Å². The van der Waals surface area contributed by atoms with Crippen LogP contribution in [0, 0.1) is 17.8 Å². The quantitative estimate of drug-likeness (QED) is 0.247. The van der Waals surface area contributed by atoms with Crippen molar-refractivity contribution in [3.05, 3.63) is 35.7 Å². The summed E-state index contributed by atoms with van der Waals surface area (Å²) in [6, 6.07) is 5.37. The predicted octanol–water partition coefficient (Wildman–Crippen LogP) is -0.858. The SMILES string of the molecule is CC[C@H](C)[C@H](NC(=O)C1C[C@@H]1C(=O)O)C(=O)NCC(=O)N1c2ccccc2C[C@H]1C(=O)NCc1nn[nH]n1. The molecular weight excluding hydrogens is 496 g/mol. The molecule has 0 bridgehead atoms. The second-order valence-corrected chi connectivity index (χ2v) is 9.53. The number of H-pyrrole nitrogens is 1. The Kier molecular flexibility index (Phi) is 7.98. The van der Waals surface area contributed by atoms with E-state index < -0.39 is 60.1 Å². The van der Waals surface area contributed by atoms with Gasteiger partial charge in [-0.05, 0) is 24.0 Å². The van der Waals surface area contributed by atoms with Gasteiger partial charge in [-0.15, -0.1) is 10.2 Å². The normalized spacial score (nSPS) is 21.1. The molecule has 5 N–H and O–H groups in total. The zero-order chi connectivity index (χ0) is 27.4. The first kappa shape index (κ1) is 26.7. The fraction of sp³-hybridized carbons (Fsp3) is 0.500. The molecule has 1 unspecified atom stereocenters. The number of hydrogen-bond donors (Lipinski definition) is 5. The molecule has 4 rings (SSSR count). The van der Waals surface area contributed by atoms with Crippen molar-refractivity contribution in [2.45, 2.75) is 51.7 Å². The first-order chi connectivity index (χ1) is 18.2. The van der Waals surface area contributed by atoms with E-state index in [-0.39, 0.29) is 24.7 Å². The van der Waals surface area contributed by atoms with Gasteiger partial charge in [0.15, 0.2) is 5.82 Å². The van der Waals surface area contributed by atoms with Crippen molar-refractivity contribution >= 4 is 35.3 Å². The number of aliphatic carboxylic acids is 1. The molecule has 0 radical (unpaired) electrons. The van der Waals surface area contributed by atoms with Crippen molar-refractivity contribution < 1.29 is 29.1 Å². The molecule has 14 heteroatoms. The number of aromatic amines is 1. The summed E-state index contributed by atoms with van der Waals surface area (Å²) in [5.74, 6) is -4.36. The van der Waals surface area contributed by atoms with Gasteiger partial charge in [0, 0.05) is 12.1 Å². The Morgan fingerprint density at radius 1 is 1.13 bits per heavy atom. The highest BCUT2D eigenvalue weighted by Crippen LogP contribution is 2.39. The van der Waals surface area contributed by atoms with Gasteiger partial charge in [0.2, 0.25) is 23.6 Å². The van der Waals surface area contributed by atoms with E-state index in [9.17, 15) is 24.0 Å². The third-order valence-electron chi connectivity index (χ3n) is 7.01. The molecule has 4 amide bonds. The van der Waals surface area contributed by atoms with Crippen LogP contribution in [0.1, 0.15) is 38.1 Å². The lowest BCUT2D eigenvalue weighted by Gasteiger charge is -2.27. The third-order valence-corrected chi connectivity index (χ3v) is 7.01. The van der Waals surface area contributed by atoms with Gasteiger partial charge in [0.1, 0.15) is 12.1 Å². The van der Waals surface area contributed by atoms with Gasteiger partial charge in [-0.1, -0.05) is 43.7 Å². The molecule has 5 atom stereocenters. The molecule has 1 aliphatic carbocycles. The van der Waals surface area contributed by atoms with Crippen LogP contribution >= 0.6 is 0 Å². The minimum absolute atomic E-state index is 0.0287. The van der Waals surface area contributed by atoms with Crippen molar-refractivity contribution in [3.63, 3.8) is 0 Å². The number of carboxylic acids is 1. The van der Waals surface area contributed by atoms with E-state index in [4.69, 9.17) is 5.11 Å². The molecule has 1 aromatic heterocycles. The summed E-state index contributed by atoms with van der Waals surface area (Å²) in [4.78, 5) is 64.3. The van der Waals surface area contributed by atoms with Crippen molar-refractivity contribution in [1.29, 1.82) is 0 Å².